The molecule has 27 heavy (non-hydrogen) atoms. The molecular formula is C20H22ClN5O. The fraction of sp³-hybridized carbons (Fsp3) is 0.350. The number of carbonyl (C=O) groups excluding carboxylic acids is 1. The van der Waals surface area contributed by atoms with Gasteiger partial charge in [-0.15, -0.1) is 0 Å². The molecule has 0 unspecified atom stereocenters. The lowest BCUT2D eigenvalue weighted by molar-refractivity contribution is 0.0751. The fourth-order valence-electron chi connectivity index (χ4n) is 3.82. The third-order valence-corrected chi connectivity index (χ3v) is 5.66. The molecule has 1 aliphatic rings. The average Bonchev–Trinajstić information content (AvgIpc) is 2.99. The summed E-state index contributed by atoms with van der Waals surface area (Å²) in [5.41, 5.74) is 5.68. The van der Waals surface area contributed by atoms with Crippen molar-refractivity contribution in [3.63, 3.8) is 0 Å². The Morgan fingerprint density at radius 3 is 2.41 bits per heavy atom. The van der Waals surface area contributed by atoms with Crippen LogP contribution in [-0.4, -0.2) is 43.5 Å². The van der Waals surface area contributed by atoms with Crippen LogP contribution in [0.2, 0.25) is 5.02 Å². The first kappa shape index (κ1) is 17.8. The number of nitrogens with zero attached hydrogens (tertiary/aromatic N) is 5. The van der Waals surface area contributed by atoms with E-state index in [2.05, 4.69) is 17.2 Å². The van der Waals surface area contributed by atoms with E-state index in [0.29, 0.717) is 29.5 Å². The van der Waals surface area contributed by atoms with Crippen LogP contribution in [0.4, 0.5) is 0 Å². The van der Waals surface area contributed by atoms with Crippen LogP contribution in [0.1, 0.15) is 27.4 Å². The number of hydrogen-bond donors (Lipinski definition) is 0. The summed E-state index contributed by atoms with van der Waals surface area (Å²) in [5, 5.41) is 9.45. The highest BCUT2D eigenvalue weighted by atomic mass is 35.5. The smallest absolute Gasteiger partial charge is 0.273 e. The van der Waals surface area contributed by atoms with Gasteiger partial charge in [0, 0.05) is 50.4 Å². The van der Waals surface area contributed by atoms with Gasteiger partial charge in [0.05, 0.1) is 16.4 Å². The van der Waals surface area contributed by atoms with Gasteiger partial charge in [0.1, 0.15) is 5.69 Å². The topological polar surface area (TPSA) is 56.0 Å². The van der Waals surface area contributed by atoms with Crippen LogP contribution in [0.5, 0.6) is 0 Å². The Hall–Kier alpha value is -2.60. The summed E-state index contributed by atoms with van der Waals surface area (Å²) in [6.07, 6.45) is 1.54. The second-order valence-corrected chi connectivity index (χ2v) is 7.31. The first-order chi connectivity index (χ1) is 13.0. The maximum Gasteiger partial charge on any atom is 0.273 e. The molecule has 140 valence electrons. The van der Waals surface area contributed by atoms with Gasteiger partial charge in [0.25, 0.3) is 5.91 Å². The number of aryl methyl sites for hydroxylation is 3. The van der Waals surface area contributed by atoms with Gasteiger partial charge >= 0.3 is 0 Å². The van der Waals surface area contributed by atoms with Crippen molar-refractivity contribution in [1.29, 1.82) is 0 Å². The molecule has 4 rings (SSSR count). The van der Waals surface area contributed by atoms with Crippen molar-refractivity contribution < 1.29 is 4.79 Å². The third kappa shape index (κ3) is 3.04. The van der Waals surface area contributed by atoms with Crippen molar-refractivity contribution in [3.05, 3.63) is 58.0 Å². The molecule has 3 aromatic rings. The lowest BCUT2D eigenvalue weighted by Gasteiger charge is -2.20. The summed E-state index contributed by atoms with van der Waals surface area (Å²) < 4.78 is 3.53. The second-order valence-electron chi connectivity index (χ2n) is 6.93. The molecule has 0 radical (unpaired) electrons. The van der Waals surface area contributed by atoms with E-state index in [-0.39, 0.29) is 5.91 Å². The van der Waals surface area contributed by atoms with E-state index in [9.17, 15) is 4.79 Å². The van der Waals surface area contributed by atoms with Crippen LogP contribution in [0, 0.1) is 6.92 Å². The standard InChI is InChI=1S/C20H22ClN5O/c1-13-17(21)19(25(3)22-13)20(27)26-11-9-15-16(10-12-26)24(2)23-18(15)14-7-5-4-6-8-14/h4-8H,9-12H2,1-3H3. The van der Waals surface area contributed by atoms with Gasteiger partial charge in [-0.25, -0.2) is 0 Å². The molecule has 0 N–H and O–H groups in total. The molecule has 2 aromatic heterocycles. The Balaban J connectivity index is 1.63. The van der Waals surface area contributed by atoms with E-state index in [1.807, 2.05) is 41.8 Å². The van der Waals surface area contributed by atoms with E-state index in [0.717, 1.165) is 24.1 Å². The maximum atomic E-state index is 13.1. The fourth-order valence-corrected chi connectivity index (χ4v) is 4.06. The lowest BCUT2D eigenvalue weighted by atomic mass is 10.0. The van der Waals surface area contributed by atoms with E-state index in [1.54, 1.807) is 11.7 Å². The van der Waals surface area contributed by atoms with Gasteiger partial charge in [0.15, 0.2) is 0 Å². The van der Waals surface area contributed by atoms with Crippen LogP contribution in [0.3, 0.4) is 0 Å². The predicted octanol–water partition coefficient (Wildman–Crippen LogP) is 3.02. The summed E-state index contributed by atoms with van der Waals surface area (Å²) in [5.74, 6) is -0.0647. The number of amides is 1. The van der Waals surface area contributed by atoms with Gasteiger partial charge in [-0.2, -0.15) is 10.2 Å². The highest BCUT2D eigenvalue weighted by molar-refractivity contribution is 6.34. The molecular weight excluding hydrogens is 362 g/mol. The Bertz CT molecular complexity index is 1010. The summed E-state index contributed by atoms with van der Waals surface area (Å²) >= 11 is 6.32. The predicted molar refractivity (Wildman–Crippen MR) is 105 cm³/mol. The molecule has 0 saturated carbocycles. The first-order valence-corrected chi connectivity index (χ1v) is 9.43. The van der Waals surface area contributed by atoms with E-state index >= 15 is 0 Å². The highest BCUT2D eigenvalue weighted by Crippen LogP contribution is 2.29. The Morgan fingerprint density at radius 2 is 1.74 bits per heavy atom. The summed E-state index contributed by atoms with van der Waals surface area (Å²) in [6, 6.07) is 10.2. The number of benzene rings is 1. The molecule has 3 heterocycles. The maximum absolute atomic E-state index is 13.1. The SMILES string of the molecule is Cc1nn(C)c(C(=O)N2CCc3c(-c4ccccc4)nn(C)c3CC2)c1Cl. The Kier molecular flexibility index (Phi) is 4.52. The molecule has 0 spiro atoms. The Morgan fingerprint density at radius 1 is 1.04 bits per heavy atom. The number of rotatable bonds is 2. The number of halogens is 1. The molecule has 7 heteroatoms. The zero-order chi connectivity index (χ0) is 19.1. The molecule has 1 amide bonds. The van der Waals surface area contributed by atoms with E-state index < -0.39 is 0 Å². The molecule has 0 aliphatic carbocycles. The molecule has 6 nitrogen and oxygen atoms in total. The highest BCUT2D eigenvalue weighted by Gasteiger charge is 2.28. The minimum absolute atomic E-state index is 0.0647. The van der Waals surface area contributed by atoms with Gasteiger partial charge in [0.2, 0.25) is 0 Å². The van der Waals surface area contributed by atoms with Crippen molar-refractivity contribution in [2.75, 3.05) is 13.1 Å². The van der Waals surface area contributed by atoms with Crippen molar-refractivity contribution in [2.24, 2.45) is 14.1 Å². The number of aromatic nitrogens is 4. The van der Waals surface area contributed by atoms with Crippen molar-refractivity contribution >= 4 is 17.5 Å². The van der Waals surface area contributed by atoms with Crippen molar-refractivity contribution in [2.45, 2.75) is 19.8 Å². The summed E-state index contributed by atoms with van der Waals surface area (Å²) in [4.78, 5) is 15.0. The quantitative estimate of drug-likeness (QED) is 0.683. The minimum Gasteiger partial charge on any atom is -0.337 e. The zero-order valence-electron chi connectivity index (χ0n) is 15.7. The Labute approximate surface area is 163 Å². The van der Waals surface area contributed by atoms with Gasteiger partial charge in [-0.1, -0.05) is 41.9 Å². The lowest BCUT2D eigenvalue weighted by Crippen LogP contribution is -2.35. The van der Waals surface area contributed by atoms with Crippen LogP contribution >= 0.6 is 11.6 Å². The molecule has 0 atom stereocenters. The van der Waals surface area contributed by atoms with E-state index in [4.69, 9.17) is 16.7 Å². The largest absolute Gasteiger partial charge is 0.337 e. The van der Waals surface area contributed by atoms with Crippen molar-refractivity contribution in [1.82, 2.24) is 24.5 Å². The molecule has 1 aliphatic heterocycles. The average molecular weight is 384 g/mol. The van der Waals surface area contributed by atoms with Crippen molar-refractivity contribution in [3.8, 4) is 11.3 Å². The van der Waals surface area contributed by atoms with Gasteiger partial charge in [-0.3, -0.25) is 14.2 Å². The van der Waals surface area contributed by atoms with Crippen LogP contribution in [0.25, 0.3) is 11.3 Å². The number of carbonyl (C=O) groups is 1. The number of hydrogen-bond acceptors (Lipinski definition) is 3. The summed E-state index contributed by atoms with van der Waals surface area (Å²) in [7, 11) is 3.74. The van der Waals surface area contributed by atoms with Gasteiger partial charge in [-0.05, 0) is 13.3 Å². The third-order valence-electron chi connectivity index (χ3n) is 5.21. The zero-order valence-corrected chi connectivity index (χ0v) is 16.5. The molecule has 0 fully saturated rings. The molecule has 0 bridgehead atoms. The summed E-state index contributed by atoms with van der Waals surface area (Å²) in [6.45, 7) is 3.09. The van der Waals surface area contributed by atoms with Crippen LogP contribution in [0.15, 0.2) is 30.3 Å². The number of fused-ring (bicyclic) bond motifs is 1. The van der Waals surface area contributed by atoms with Gasteiger partial charge < -0.3 is 4.90 Å². The first-order valence-electron chi connectivity index (χ1n) is 9.06. The second kappa shape index (κ2) is 6.85. The van der Waals surface area contributed by atoms with Crippen LogP contribution < -0.4 is 0 Å². The molecule has 0 saturated heterocycles. The van der Waals surface area contributed by atoms with Crippen LogP contribution in [-0.2, 0) is 26.9 Å². The van der Waals surface area contributed by atoms with E-state index in [1.165, 1.54) is 11.3 Å². The monoisotopic (exact) mass is 383 g/mol. The molecule has 1 aromatic carbocycles. The normalized spacial score (nSPS) is 14.1. The minimum atomic E-state index is -0.0647.